The molecule has 27 heavy (non-hydrogen) atoms. The molecule has 0 aliphatic heterocycles. The zero-order chi connectivity index (χ0) is 21.7. The van der Waals surface area contributed by atoms with E-state index in [1.165, 1.54) is 0 Å². The van der Waals surface area contributed by atoms with Crippen LogP contribution < -0.4 is 0 Å². The largest absolute Gasteiger partial charge is 2.00 e. The molecule has 0 aromatic heterocycles. The van der Waals surface area contributed by atoms with Crippen molar-refractivity contribution in [1.82, 2.24) is 0 Å². The van der Waals surface area contributed by atoms with E-state index in [0.717, 1.165) is 0 Å². The van der Waals surface area contributed by atoms with E-state index in [1.54, 1.807) is 0 Å². The van der Waals surface area contributed by atoms with Crippen molar-refractivity contribution in [2.45, 2.75) is 37.5 Å². The molecule has 0 unspecified atom stereocenters. The van der Waals surface area contributed by atoms with E-state index < -0.39 is 60.7 Å². The summed E-state index contributed by atoms with van der Waals surface area (Å²) >= 11 is 0. The monoisotopic (exact) mass is 611 g/mol. The SMILES string of the molecule is O=C(CC(=O)C(F)(F)F)C(F)(F)F.O=C(CC(=O)C(F)(F)F)C(F)(F)F.[Pt+2]. The molecule has 0 spiro atoms. The first kappa shape index (κ1) is 30.3. The molecule has 0 aliphatic rings. The molecule has 4 nitrogen and oxygen atoms in total. The van der Waals surface area contributed by atoms with E-state index in [0.29, 0.717) is 0 Å². The van der Waals surface area contributed by atoms with Crippen molar-refractivity contribution in [2.24, 2.45) is 0 Å². The van der Waals surface area contributed by atoms with Crippen LogP contribution in [-0.2, 0) is 40.2 Å². The Kier molecular flexibility index (Phi) is 11.4. The molecule has 0 saturated carbocycles. The topological polar surface area (TPSA) is 68.3 Å². The van der Waals surface area contributed by atoms with Crippen molar-refractivity contribution in [3.63, 3.8) is 0 Å². The van der Waals surface area contributed by atoms with Crippen LogP contribution in [0.3, 0.4) is 0 Å². The molecule has 17 heteroatoms. The van der Waals surface area contributed by atoms with Crippen LogP contribution in [0.4, 0.5) is 52.7 Å². The zero-order valence-electron chi connectivity index (χ0n) is 11.9. The van der Waals surface area contributed by atoms with Gasteiger partial charge in [0.15, 0.2) is 0 Å². The van der Waals surface area contributed by atoms with E-state index >= 15 is 0 Å². The fraction of sp³-hybridized carbons (Fsp3) is 0.600. The van der Waals surface area contributed by atoms with Gasteiger partial charge < -0.3 is 0 Å². The predicted octanol–water partition coefficient (Wildman–Crippen LogP) is 3.28. The summed E-state index contributed by atoms with van der Waals surface area (Å²) in [6, 6.07) is 0. The van der Waals surface area contributed by atoms with Crippen LogP contribution in [-0.4, -0.2) is 47.8 Å². The normalized spacial score (nSPS) is 12.3. The fourth-order valence-corrected chi connectivity index (χ4v) is 0.693. The van der Waals surface area contributed by atoms with Crippen LogP contribution in [0.2, 0.25) is 0 Å². The molecule has 0 bridgehead atoms. The van der Waals surface area contributed by atoms with Gasteiger partial charge >= 0.3 is 45.8 Å². The van der Waals surface area contributed by atoms with Gasteiger partial charge in [0.2, 0.25) is 23.1 Å². The van der Waals surface area contributed by atoms with Gasteiger partial charge in [-0.2, -0.15) is 52.7 Å². The molecular weight excluding hydrogens is 607 g/mol. The van der Waals surface area contributed by atoms with Gasteiger partial charge in [-0.15, -0.1) is 0 Å². The minimum absolute atomic E-state index is 0. The van der Waals surface area contributed by atoms with Gasteiger partial charge in [-0.05, 0) is 0 Å². The summed E-state index contributed by atoms with van der Waals surface area (Å²) < 4.78 is 136. The number of carbonyl (C=O) groups excluding carboxylic acids is 4. The van der Waals surface area contributed by atoms with E-state index in [9.17, 15) is 71.9 Å². The van der Waals surface area contributed by atoms with Gasteiger partial charge in [-0.25, -0.2) is 0 Å². The first-order valence-corrected chi connectivity index (χ1v) is 5.50. The molecule has 0 radical (unpaired) electrons. The summed E-state index contributed by atoms with van der Waals surface area (Å²) in [5, 5.41) is 0. The van der Waals surface area contributed by atoms with Crippen molar-refractivity contribution in [2.75, 3.05) is 0 Å². The van der Waals surface area contributed by atoms with Gasteiger partial charge in [0.25, 0.3) is 0 Å². The Morgan fingerprint density at radius 2 is 0.519 bits per heavy atom. The van der Waals surface area contributed by atoms with Crippen LogP contribution in [0.5, 0.6) is 0 Å². The molecule has 160 valence electrons. The quantitative estimate of drug-likeness (QED) is 0.362. The third-order valence-electron chi connectivity index (χ3n) is 1.91. The number of rotatable bonds is 4. The second-order valence-electron chi connectivity index (χ2n) is 4.04. The minimum Gasteiger partial charge on any atom is -0.289 e. The first-order valence-electron chi connectivity index (χ1n) is 5.50. The minimum atomic E-state index is -5.40. The van der Waals surface area contributed by atoms with E-state index in [-0.39, 0.29) is 21.1 Å². The number of alkyl halides is 12. The number of ketones is 4. The van der Waals surface area contributed by atoms with Crippen molar-refractivity contribution < 1.29 is 92.9 Å². The maximum Gasteiger partial charge on any atom is 2.00 e. The summed E-state index contributed by atoms with van der Waals surface area (Å²) in [7, 11) is 0. The fourth-order valence-electron chi connectivity index (χ4n) is 0.693. The average molecular weight is 611 g/mol. The summed E-state index contributed by atoms with van der Waals surface area (Å²) in [4.78, 5) is 39.5. The molecule has 0 saturated heterocycles. The average Bonchev–Trinajstić information content (AvgIpc) is 2.34. The molecule has 0 aromatic carbocycles. The number of carbonyl (C=O) groups is 4. The van der Waals surface area contributed by atoms with Crippen molar-refractivity contribution >= 4 is 23.1 Å². The van der Waals surface area contributed by atoms with Crippen LogP contribution >= 0.6 is 0 Å². The van der Waals surface area contributed by atoms with Crippen molar-refractivity contribution in [3.05, 3.63) is 0 Å². The Bertz CT molecular complexity index is 456. The van der Waals surface area contributed by atoms with E-state index in [1.807, 2.05) is 0 Å². The summed E-state index contributed by atoms with van der Waals surface area (Å²) in [6.45, 7) is 0. The summed E-state index contributed by atoms with van der Waals surface area (Å²) in [5.74, 6) is -10.8. The molecule has 0 heterocycles. The smallest absolute Gasteiger partial charge is 0.289 e. The Labute approximate surface area is 154 Å². The maximum atomic E-state index is 11.3. The van der Waals surface area contributed by atoms with Gasteiger partial charge in [-0.3, -0.25) is 19.2 Å². The van der Waals surface area contributed by atoms with Gasteiger partial charge in [-0.1, -0.05) is 0 Å². The van der Waals surface area contributed by atoms with E-state index in [2.05, 4.69) is 0 Å². The molecule has 0 amide bonds. The predicted molar refractivity (Wildman–Crippen MR) is 53.5 cm³/mol. The Balaban J connectivity index is -0.000000411. The molecular formula is C10H4F12O4Pt+2. The number of hydrogen-bond acceptors (Lipinski definition) is 4. The van der Waals surface area contributed by atoms with Crippen LogP contribution in [0.15, 0.2) is 0 Å². The molecule has 0 atom stereocenters. The first-order chi connectivity index (χ1) is 11.1. The standard InChI is InChI=1S/2C5H2F6O2.Pt/c2*6-4(7,8)2(12)1-3(13)5(9,10)11;/h2*1H2;/q;;+2. The van der Waals surface area contributed by atoms with Gasteiger partial charge in [0.05, 0.1) is 12.8 Å². The second-order valence-corrected chi connectivity index (χ2v) is 4.04. The van der Waals surface area contributed by atoms with Gasteiger partial charge in [0.1, 0.15) is 0 Å². The van der Waals surface area contributed by atoms with Gasteiger partial charge in [0, 0.05) is 0 Å². The Morgan fingerprint density at radius 1 is 0.407 bits per heavy atom. The number of halogens is 12. The summed E-state index contributed by atoms with van der Waals surface area (Å²) in [5.41, 5.74) is 0. The molecule has 0 aliphatic carbocycles. The third kappa shape index (κ3) is 13.4. The molecule has 0 N–H and O–H groups in total. The van der Waals surface area contributed by atoms with Crippen molar-refractivity contribution in [1.29, 1.82) is 0 Å². The van der Waals surface area contributed by atoms with Crippen molar-refractivity contribution in [3.8, 4) is 0 Å². The van der Waals surface area contributed by atoms with E-state index in [4.69, 9.17) is 0 Å². The Morgan fingerprint density at radius 3 is 0.593 bits per heavy atom. The second kappa shape index (κ2) is 10.2. The number of hydrogen-bond donors (Lipinski definition) is 0. The third-order valence-corrected chi connectivity index (χ3v) is 1.91. The van der Waals surface area contributed by atoms with Crippen LogP contribution in [0.1, 0.15) is 12.8 Å². The molecule has 0 aromatic rings. The number of Topliss-reactive ketones (excluding diaryl/α,β-unsaturated/α-hetero) is 4. The summed E-state index contributed by atoms with van der Waals surface area (Å²) in [6.07, 6.45) is -26.0. The zero-order valence-corrected chi connectivity index (χ0v) is 14.2. The molecule has 0 rings (SSSR count). The molecule has 0 fully saturated rings. The van der Waals surface area contributed by atoms with Crippen LogP contribution in [0, 0.1) is 0 Å². The van der Waals surface area contributed by atoms with Crippen LogP contribution in [0.25, 0.3) is 0 Å². The Hall–Kier alpha value is -1.47. The maximum absolute atomic E-state index is 11.3.